The highest BCUT2D eigenvalue weighted by Gasteiger charge is 2.18. The molecule has 0 saturated carbocycles. The van der Waals surface area contributed by atoms with E-state index >= 15 is 0 Å². The standard InChI is InChI=1S/C43H25N3S/c44-26-28-25-30(46-37-13-5-1-9-32(37)33-10-2-6-14-38(33)46)21-22-31(28)27-17-19-29(20-18-27)45-39-15-7-3-12-36(39)42-40(45)24-23-35-34-11-4-8-16-41(34)47-43(35)42/h1-25H. The van der Waals surface area contributed by atoms with Gasteiger partial charge in [0, 0.05) is 53.1 Å². The third-order valence-electron chi connectivity index (χ3n) is 9.58. The smallest absolute Gasteiger partial charge is 0.0998 e. The van der Waals surface area contributed by atoms with E-state index in [2.05, 4.69) is 161 Å². The molecule has 0 bridgehead atoms. The third-order valence-corrected chi connectivity index (χ3v) is 10.8. The van der Waals surface area contributed by atoms with Crippen LogP contribution in [0, 0.1) is 11.3 Å². The Morgan fingerprint density at radius 2 is 1.04 bits per heavy atom. The van der Waals surface area contributed by atoms with E-state index in [9.17, 15) is 5.26 Å². The largest absolute Gasteiger partial charge is 0.309 e. The Morgan fingerprint density at radius 3 is 1.74 bits per heavy atom. The van der Waals surface area contributed by atoms with Crippen molar-refractivity contribution in [3.05, 3.63) is 157 Å². The summed E-state index contributed by atoms with van der Waals surface area (Å²) < 4.78 is 7.27. The second-order valence-electron chi connectivity index (χ2n) is 12.0. The molecule has 10 aromatic rings. The van der Waals surface area contributed by atoms with E-state index in [-0.39, 0.29) is 0 Å². The van der Waals surface area contributed by atoms with Gasteiger partial charge in [0.05, 0.1) is 33.7 Å². The van der Waals surface area contributed by atoms with Gasteiger partial charge in [-0.05, 0) is 65.7 Å². The van der Waals surface area contributed by atoms with Gasteiger partial charge in [0.1, 0.15) is 0 Å². The van der Waals surface area contributed by atoms with Gasteiger partial charge in [-0.1, -0.05) is 97.1 Å². The van der Waals surface area contributed by atoms with Crippen molar-refractivity contribution < 1.29 is 0 Å². The lowest BCUT2D eigenvalue weighted by atomic mass is 9.99. The normalized spacial score (nSPS) is 11.8. The molecule has 3 nitrogen and oxygen atoms in total. The van der Waals surface area contributed by atoms with E-state index in [0.717, 1.165) is 33.5 Å². The summed E-state index contributed by atoms with van der Waals surface area (Å²) in [5.74, 6) is 0. The first-order chi connectivity index (χ1) is 23.3. The monoisotopic (exact) mass is 615 g/mol. The maximum absolute atomic E-state index is 10.3. The lowest BCUT2D eigenvalue weighted by Gasteiger charge is -2.12. The molecular formula is C43H25N3S. The highest BCUT2D eigenvalue weighted by atomic mass is 32.1. The van der Waals surface area contributed by atoms with Gasteiger partial charge in [-0.25, -0.2) is 0 Å². The summed E-state index contributed by atoms with van der Waals surface area (Å²) in [7, 11) is 0. The molecular weight excluding hydrogens is 591 g/mol. The molecule has 4 heteroatoms. The minimum Gasteiger partial charge on any atom is -0.309 e. The average molecular weight is 616 g/mol. The third kappa shape index (κ3) is 3.72. The van der Waals surface area contributed by atoms with Gasteiger partial charge < -0.3 is 9.13 Å². The predicted molar refractivity (Wildman–Crippen MR) is 198 cm³/mol. The Kier molecular flexibility index (Phi) is 5.51. The van der Waals surface area contributed by atoms with E-state index in [1.54, 1.807) is 0 Å². The average Bonchev–Trinajstić information content (AvgIpc) is 3.79. The minimum absolute atomic E-state index is 0.654. The Hall–Kier alpha value is -6.15. The molecule has 7 aromatic carbocycles. The molecule has 0 aliphatic heterocycles. The molecule has 3 aromatic heterocycles. The lowest BCUT2D eigenvalue weighted by Crippen LogP contribution is -1.96. The Morgan fingerprint density at radius 1 is 0.468 bits per heavy atom. The minimum atomic E-state index is 0.654. The van der Waals surface area contributed by atoms with Crippen molar-refractivity contribution in [1.82, 2.24) is 9.13 Å². The Bertz CT molecular complexity index is 2860. The lowest BCUT2D eigenvalue weighted by molar-refractivity contribution is 1.17. The van der Waals surface area contributed by atoms with Gasteiger partial charge in [-0.15, -0.1) is 11.3 Å². The van der Waals surface area contributed by atoms with Crippen LogP contribution in [-0.2, 0) is 0 Å². The molecule has 3 heterocycles. The van der Waals surface area contributed by atoms with Crippen LogP contribution in [-0.4, -0.2) is 9.13 Å². The molecule has 0 aliphatic rings. The topological polar surface area (TPSA) is 33.6 Å². The number of thiophene rings is 1. The fraction of sp³-hybridized carbons (Fsp3) is 0. The van der Waals surface area contributed by atoms with Crippen molar-refractivity contribution in [1.29, 1.82) is 5.26 Å². The van der Waals surface area contributed by atoms with Crippen molar-refractivity contribution in [2.45, 2.75) is 0 Å². The SMILES string of the molecule is N#Cc1cc(-n2c3ccccc3c3ccccc32)ccc1-c1ccc(-n2c3ccccc3c3c4sc5ccccc5c4ccc32)cc1. The van der Waals surface area contributed by atoms with E-state index in [1.807, 2.05) is 17.4 Å². The highest BCUT2D eigenvalue weighted by Crippen LogP contribution is 2.43. The molecule has 0 atom stereocenters. The fourth-order valence-electron chi connectivity index (χ4n) is 7.52. The number of hydrogen-bond donors (Lipinski definition) is 0. The summed E-state index contributed by atoms with van der Waals surface area (Å²) in [6, 6.07) is 56.2. The Labute approximate surface area is 274 Å². The predicted octanol–water partition coefficient (Wildman–Crippen LogP) is 11.8. The highest BCUT2D eigenvalue weighted by molar-refractivity contribution is 7.26. The number of hydrogen-bond acceptors (Lipinski definition) is 2. The summed E-state index contributed by atoms with van der Waals surface area (Å²) >= 11 is 1.87. The van der Waals surface area contributed by atoms with Crippen LogP contribution < -0.4 is 0 Å². The van der Waals surface area contributed by atoms with Gasteiger partial charge in [-0.3, -0.25) is 0 Å². The number of nitriles is 1. The molecule has 0 unspecified atom stereocenters. The number of para-hydroxylation sites is 3. The maximum atomic E-state index is 10.3. The first-order valence-corrected chi connectivity index (χ1v) is 16.6. The van der Waals surface area contributed by atoms with Crippen molar-refractivity contribution in [3.63, 3.8) is 0 Å². The van der Waals surface area contributed by atoms with E-state index in [0.29, 0.717) is 5.56 Å². The van der Waals surface area contributed by atoms with Gasteiger partial charge in [0.2, 0.25) is 0 Å². The van der Waals surface area contributed by atoms with Crippen LogP contribution in [0.15, 0.2) is 152 Å². The van der Waals surface area contributed by atoms with Crippen molar-refractivity contribution >= 4 is 75.1 Å². The van der Waals surface area contributed by atoms with Crippen LogP contribution in [0.5, 0.6) is 0 Å². The van der Waals surface area contributed by atoms with Gasteiger partial charge in [0.15, 0.2) is 0 Å². The van der Waals surface area contributed by atoms with Crippen LogP contribution in [0.1, 0.15) is 5.56 Å². The maximum Gasteiger partial charge on any atom is 0.0998 e. The van der Waals surface area contributed by atoms with Gasteiger partial charge in [0.25, 0.3) is 0 Å². The number of benzene rings is 7. The second-order valence-corrected chi connectivity index (χ2v) is 13.1. The summed E-state index contributed by atoms with van der Waals surface area (Å²) in [4.78, 5) is 0. The zero-order valence-electron chi connectivity index (χ0n) is 25.2. The molecule has 0 radical (unpaired) electrons. The summed E-state index contributed by atoms with van der Waals surface area (Å²) in [6.07, 6.45) is 0. The molecule has 0 amide bonds. The molecule has 10 rings (SSSR count). The quantitative estimate of drug-likeness (QED) is 0.195. The van der Waals surface area contributed by atoms with E-state index < -0.39 is 0 Å². The van der Waals surface area contributed by atoms with Crippen molar-refractivity contribution in [2.24, 2.45) is 0 Å². The van der Waals surface area contributed by atoms with Crippen molar-refractivity contribution in [2.75, 3.05) is 0 Å². The first kappa shape index (κ1) is 26.1. The van der Waals surface area contributed by atoms with Gasteiger partial charge >= 0.3 is 0 Å². The van der Waals surface area contributed by atoms with Crippen LogP contribution in [0.25, 0.3) is 86.3 Å². The second kappa shape index (κ2) is 9.92. The van der Waals surface area contributed by atoms with Crippen molar-refractivity contribution in [3.8, 4) is 28.6 Å². The molecule has 0 saturated heterocycles. The van der Waals surface area contributed by atoms with Gasteiger partial charge in [-0.2, -0.15) is 5.26 Å². The number of rotatable bonds is 3. The molecule has 47 heavy (non-hydrogen) atoms. The number of fused-ring (bicyclic) bond motifs is 10. The molecule has 0 fully saturated rings. The zero-order valence-corrected chi connectivity index (χ0v) is 26.0. The van der Waals surface area contributed by atoms with Crippen LogP contribution in [0.2, 0.25) is 0 Å². The van der Waals surface area contributed by atoms with E-state index in [4.69, 9.17) is 0 Å². The van der Waals surface area contributed by atoms with Crippen LogP contribution in [0.3, 0.4) is 0 Å². The summed E-state index contributed by atoms with van der Waals surface area (Å²) in [5, 5.41) is 17.9. The zero-order chi connectivity index (χ0) is 31.1. The number of aromatic nitrogens is 2. The summed E-state index contributed by atoms with van der Waals surface area (Å²) in [5.41, 5.74) is 9.34. The molecule has 0 spiro atoms. The Balaban J connectivity index is 1.11. The van der Waals surface area contributed by atoms with Crippen LogP contribution >= 0.6 is 11.3 Å². The fourth-order valence-corrected chi connectivity index (χ4v) is 8.78. The molecule has 218 valence electrons. The molecule has 0 N–H and O–H groups in total. The summed E-state index contributed by atoms with van der Waals surface area (Å²) in [6.45, 7) is 0. The number of nitrogens with zero attached hydrogens (tertiary/aromatic N) is 3. The molecule has 0 aliphatic carbocycles. The van der Waals surface area contributed by atoms with Crippen LogP contribution in [0.4, 0.5) is 0 Å². The van der Waals surface area contributed by atoms with E-state index in [1.165, 1.54) is 52.8 Å². The first-order valence-electron chi connectivity index (χ1n) is 15.8.